The third-order valence-corrected chi connectivity index (χ3v) is 16.3. The lowest BCUT2D eigenvalue weighted by atomic mass is 10.0. The Morgan fingerprint density at radius 3 is 0.987 bits per heavy atom. The molecule has 0 aromatic heterocycles. The van der Waals surface area contributed by atoms with Crippen LogP contribution in [-0.4, -0.2) is 49.3 Å². The summed E-state index contributed by atoms with van der Waals surface area (Å²) >= 11 is 0. The van der Waals surface area contributed by atoms with E-state index in [9.17, 15) is 19.0 Å². The first-order chi connectivity index (χ1) is 37.8. The molecule has 0 fully saturated rings. The summed E-state index contributed by atoms with van der Waals surface area (Å²) in [7, 11) is -4.39. The Balaban J connectivity index is 3.81. The van der Waals surface area contributed by atoms with E-state index in [0.29, 0.717) is 6.42 Å². The molecule has 0 aliphatic heterocycles. The first-order valence-electron chi connectivity index (χ1n) is 33.8. The summed E-state index contributed by atoms with van der Waals surface area (Å²) in [5, 5.41) is 0. The van der Waals surface area contributed by atoms with Gasteiger partial charge in [-0.05, 0) is 44.9 Å². The molecule has 0 aromatic carbocycles. The quantitative estimate of drug-likeness (QED) is 0.0264. The lowest BCUT2D eigenvalue weighted by molar-refractivity contribution is -0.161. The van der Waals surface area contributed by atoms with Crippen LogP contribution < -0.4 is 5.73 Å². The van der Waals surface area contributed by atoms with Crippen molar-refractivity contribution in [2.24, 2.45) is 5.73 Å². The zero-order chi connectivity index (χ0) is 55.9. The van der Waals surface area contributed by atoms with Crippen LogP contribution in [0, 0.1) is 0 Å². The van der Waals surface area contributed by atoms with E-state index in [-0.39, 0.29) is 38.6 Å². The maximum atomic E-state index is 12.7. The fourth-order valence-electron chi connectivity index (χ4n) is 10.3. The first kappa shape index (κ1) is 75.5. The lowest BCUT2D eigenvalue weighted by Crippen LogP contribution is -2.29. The molecule has 0 radical (unpaired) electrons. The van der Waals surface area contributed by atoms with Gasteiger partial charge in [0.05, 0.1) is 13.2 Å². The van der Waals surface area contributed by atoms with Gasteiger partial charge in [-0.3, -0.25) is 18.6 Å². The second-order valence-electron chi connectivity index (χ2n) is 23.1. The number of hydrogen-bond acceptors (Lipinski definition) is 8. The molecule has 0 saturated carbocycles. The average Bonchev–Trinajstić information content (AvgIpc) is 3.42. The third kappa shape index (κ3) is 63.5. The highest BCUT2D eigenvalue weighted by Gasteiger charge is 2.26. The SMILES string of the molecule is CCCCCCC/C=C\C/C=C\CCCCCCCCCCCCCC(=O)OC(COC(=O)CCCCCCCCCCCCCCCCCCCCCCCCCCCCCCCCCCC)COP(=O)(O)OCCN. The Kier molecular flexibility index (Phi) is 62.4. The van der Waals surface area contributed by atoms with Crippen LogP contribution in [0.5, 0.6) is 0 Å². The third-order valence-electron chi connectivity index (χ3n) is 15.3. The Hall–Kier alpha value is -1.51. The van der Waals surface area contributed by atoms with Crippen molar-refractivity contribution in [1.29, 1.82) is 0 Å². The molecule has 2 atom stereocenters. The van der Waals surface area contributed by atoms with Crippen LogP contribution in [0.1, 0.15) is 361 Å². The summed E-state index contributed by atoms with van der Waals surface area (Å²) in [4.78, 5) is 35.3. The van der Waals surface area contributed by atoms with Crippen molar-refractivity contribution in [3.63, 3.8) is 0 Å². The zero-order valence-corrected chi connectivity index (χ0v) is 52.1. The molecule has 3 N–H and O–H groups in total. The van der Waals surface area contributed by atoms with Gasteiger partial charge in [0.15, 0.2) is 6.10 Å². The van der Waals surface area contributed by atoms with E-state index in [2.05, 4.69) is 38.2 Å². The lowest BCUT2D eigenvalue weighted by Gasteiger charge is -2.19. The van der Waals surface area contributed by atoms with Gasteiger partial charge in [-0.2, -0.15) is 0 Å². The van der Waals surface area contributed by atoms with Crippen molar-refractivity contribution in [2.75, 3.05) is 26.4 Å². The fourth-order valence-corrected chi connectivity index (χ4v) is 11.1. The van der Waals surface area contributed by atoms with E-state index < -0.39 is 26.5 Å². The van der Waals surface area contributed by atoms with Crippen molar-refractivity contribution < 1.29 is 37.6 Å². The number of hydrogen-bond donors (Lipinski definition) is 2. The Labute approximate surface area is 478 Å². The van der Waals surface area contributed by atoms with E-state index in [0.717, 1.165) is 44.9 Å². The highest BCUT2D eigenvalue weighted by molar-refractivity contribution is 7.47. The second-order valence-corrected chi connectivity index (χ2v) is 24.5. The molecular weight excluding hydrogens is 978 g/mol. The second kappa shape index (κ2) is 63.7. The maximum Gasteiger partial charge on any atom is 0.472 e. The summed E-state index contributed by atoms with van der Waals surface area (Å²) < 4.78 is 33.1. The van der Waals surface area contributed by atoms with E-state index in [1.807, 2.05) is 0 Å². The summed E-state index contributed by atoms with van der Waals surface area (Å²) in [6, 6.07) is 0. The minimum Gasteiger partial charge on any atom is -0.462 e. The topological polar surface area (TPSA) is 134 Å². The number of esters is 2. The Morgan fingerprint density at radius 2 is 0.675 bits per heavy atom. The first-order valence-corrected chi connectivity index (χ1v) is 35.3. The molecule has 0 aliphatic carbocycles. The molecule has 0 rings (SSSR count). The molecule has 0 heterocycles. The molecule has 77 heavy (non-hydrogen) atoms. The number of carbonyl (C=O) groups excluding carboxylic acids is 2. The number of phosphoric acid groups is 1. The molecule has 0 saturated heterocycles. The molecule has 10 heteroatoms. The normalized spacial score (nSPS) is 13.0. The number of carbonyl (C=O) groups is 2. The van der Waals surface area contributed by atoms with Gasteiger partial charge in [0, 0.05) is 19.4 Å². The van der Waals surface area contributed by atoms with E-state index in [1.54, 1.807) is 0 Å². The smallest absolute Gasteiger partial charge is 0.462 e. The van der Waals surface area contributed by atoms with Crippen molar-refractivity contribution in [2.45, 2.75) is 367 Å². The van der Waals surface area contributed by atoms with Gasteiger partial charge in [0.1, 0.15) is 6.61 Å². The summed E-state index contributed by atoms with van der Waals surface area (Å²) in [6.45, 7) is 3.80. The molecule has 0 spiro atoms. The van der Waals surface area contributed by atoms with Crippen molar-refractivity contribution >= 4 is 19.8 Å². The van der Waals surface area contributed by atoms with Crippen molar-refractivity contribution in [3.8, 4) is 0 Å². The van der Waals surface area contributed by atoms with Gasteiger partial charge < -0.3 is 20.1 Å². The van der Waals surface area contributed by atoms with Crippen LogP contribution in [-0.2, 0) is 32.7 Å². The monoisotopic (exact) mass is 1110 g/mol. The minimum absolute atomic E-state index is 0.0555. The van der Waals surface area contributed by atoms with E-state index in [1.165, 1.54) is 283 Å². The van der Waals surface area contributed by atoms with Crippen LogP contribution in [0.2, 0.25) is 0 Å². The molecule has 0 aliphatic rings. The molecule has 456 valence electrons. The molecule has 2 unspecified atom stereocenters. The Morgan fingerprint density at radius 1 is 0.390 bits per heavy atom. The number of phosphoric ester groups is 1. The molecule has 0 aromatic rings. The van der Waals surface area contributed by atoms with Crippen LogP contribution in [0.15, 0.2) is 24.3 Å². The van der Waals surface area contributed by atoms with Gasteiger partial charge in [0.25, 0.3) is 0 Å². The predicted molar refractivity (Wildman–Crippen MR) is 331 cm³/mol. The largest absolute Gasteiger partial charge is 0.472 e. The average molecular weight is 1110 g/mol. The number of rotatable bonds is 65. The van der Waals surface area contributed by atoms with Gasteiger partial charge in [-0.15, -0.1) is 0 Å². The van der Waals surface area contributed by atoms with Crippen LogP contribution in [0.25, 0.3) is 0 Å². The number of unbranched alkanes of at least 4 members (excludes halogenated alkanes) is 48. The van der Waals surface area contributed by atoms with Gasteiger partial charge in [-0.1, -0.05) is 327 Å². The maximum absolute atomic E-state index is 12.7. The number of nitrogens with two attached hydrogens (primary N) is 1. The van der Waals surface area contributed by atoms with Gasteiger partial charge in [0.2, 0.25) is 0 Å². The summed E-state index contributed by atoms with van der Waals surface area (Å²) in [5.41, 5.74) is 5.40. The molecular formula is C67H130NO8P. The minimum atomic E-state index is -4.39. The van der Waals surface area contributed by atoms with Crippen LogP contribution >= 0.6 is 7.82 Å². The standard InChI is InChI=1S/C67H130NO8P/c1-3-5-7-9-11-13-15-17-19-21-23-25-27-28-29-30-31-32-33-34-35-36-38-39-41-43-45-47-49-51-53-55-57-59-66(69)73-63-65(64-75-77(71,72)74-62-61-68)76-67(70)60-58-56-54-52-50-48-46-44-42-40-37-26-24-22-20-18-16-14-12-10-8-6-4-2/h16,18,22,24,65H,3-15,17,19-21,23,25-64,68H2,1-2H3,(H,71,72)/b18-16-,24-22-. The van der Waals surface area contributed by atoms with Crippen molar-refractivity contribution in [3.05, 3.63) is 24.3 Å². The van der Waals surface area contributed by atoms with Gasteiger partial charge >= 0.3 is 19.8 Å². The summed E-state index contributed by atoms with van der Waals surface area (Å²) in [5.74, 6) is -0.809. The number of ether oxygens (including phenoxy) is 2. The van der Waals surface area contributed by atoms with E-state index >= 15 is 0 Å². The molecule has 0 bridgehead atoms. The summed E-state index contributed by atoms with van der Waals surface area (Å²) in [6.07, 6.45) is 77.0. The van der Waals surface area contributed by atoms with E-state index in [4.69, 9.17) is 24.3 Å². The fraction of sp³-hybridized carbons (Fsp3) is 0.910. The molecule has 0 amide bonds. The highest BCUT2D eigenvalue weighted by Crippen LogP contribution is 2.43. The van der Waals surface area contributed by atoms with Crippen LogP contribution in [0.3, 0.4) is 0 Å². The zero-order valence-electron chi connectivity index (χ0n) is 51.2. The Bertz CT molecular complexity index is 1310. The predicted octanol–water partition coefficient (Wildman–Crippen LogP) is 21.8. The van der Waals surface area contributed by atoms with Gasteiger partial charge in [-0.25, -0.2) is 4.57 Å². The molecule has 9 nitrogen and oxygen atoms in total. The highest BCUT2D eigenvalue weighted by atomic mass is 31.2. The van der Waals surface area contributed by atoms with Crippen LogP contribution in [0.4, 0.5) is 0 Å². The van der Waals surface area contributed by atoms with Crippen molar-refractivity contribution in [1.82, 2.24) is 0 Å². The number of allylic oxidation sites excluding steroid dienone is 4.